The molecule has 1 spiro atoms. The molecule has 3 amide bonds. The topological polar surface area (TPSA) is 240 Å². The number of carbonyl (C=O) groups excluding carboxylic acids is 6. The van der Waals surface area contributed by atoms with Crippen molar-refractivity contribution in [1.29, 1.82) is 0 Å². The smallest absolute Gasteiger partial charge is 0.421 e. The van der Waals surface area contributed by atoms with Gasteiger partial charge in [0.2, 0.25) is 11.8 Å². The predicted octanol–water partition coefficient (Wildman–Crippen LogP) is 7.27. The third-order valence-electron chi connectivity index (χ3n) is 15.5. The Hall–Kier alpha value is -9.58. The lowest BCUT2D eigenvalue weighted by Gasteiger charge is -2.46. The zero-order valence-electron chi connectivity index (χ0n) is 45.1. The highest BCUT2D eigenvalue weighted by molar-refractivity contribution is 6.23. The first-order valence-corrected chi connectivity index (χ1v) is 26.3. The van der Waals surface area contributed by atoms with E-state index in [9.17, 15) is 24.8 Å². The molecule has 2 fully saturated rings. The number of carbonyl (C=O) groups is 6. The lowest BCUT2D eigenvalue weighted by molar-refractivity contribution is -0.384. The van der Waals surface area contributed by atoms with E-state index in [1.165, 1.54) is 50.6 Å². The summed E-state index contributed by atoms with van der Waals surface area (Å²) in [7, 11) is 5.27. The number of hydrogen-bond acceptors (Lipinski definition) is 17. The third kappa shape index (κ3) is 9.98. The van der Waals surface area contributed by atoms with Crippen molar-refractivity contribution in [3.8, 4) is 29.1 Å². The van der Waals surface area contributed by atoms with E-state index in [0.29, 0.717) is 45.7 Å². The number of aliphatic hydroxyl groups excluding tert-OH is 1. The highest BCUT2D eigenvalue weighted by atomic mass is 16.6. The summed E-state index contributed by atoms with van der Waals surface area (Å²) in [6.07, 6.45) is -2.27. The van der Waals surface area contributed by atoms with Gasteiger partial charge < -0.3 is 43.2 Å². The second-order valence-corrected chi connectivity index (χ2v) is 19.8. The molecule has 10 rings (SSSR count). The molecule has 6 aromatic carbocycles. The average Bonchev–Trinajstić information content (AvgIpc) is 1.72. The van der Waals surface area contributed by atoms with Gasteiger partial charge >= 0.3 is 24.0 Å². The molecule has 0 saturated carbocycles. The van der Waals surface area contributed by atoms with Crippen molar-refractivity contribution in [3.63, 3.8) is 0 Å². The van der Waals surface area contributed by atoms with Crippen LogP contribution in [0.1, 0.15) is 69.1 Å². The van der Waals surface area contributed by atoms with Gasteiger partial charge in [-0.05, 0) is 88.3 Å². The molecule has 1 N–H and O–H groups in total. The fourth-order valence-electron chi connectivity index (χ4n) is 11.9. The van der Waals surface area contributed by atoms with E-state index in [1.54, 1.807) is 41.3 Å². The van der Waals surface area contributed by atoms with Crippen molar-refractivity contribution in [1.82, 2.24) is 9.80 Å². The second-order valence-electron chi connectivity index (χ2n) is 19.8. The molecule has 6 aromatic rings. The van der Waals surface area contributed by atoms with Crippen LogP contribution < -0.4 is 19.1 Å². The van der Waals surface area contributed by atoms with Crippen LogP contribution in [0, 0.1) is 33.8 Å². The van der Waals surface area contributed by atoms with Gasteiger partial charge in [-0.1, -0.05) is 90.7 Å². The number of nitro benzene ring substituents is 1. The van der Waals surface area contributed by atoms with E-state index in [4.69, 9.17) is 33.2 Å². The first-order chi connectivity index (χ1) is 39.8. The van der Waals surface area contributed by atoms with Crippen molar-refractivity contribution >= 4 is 47.2 Å². The van der Waals surface area contributed by atoms with Crippen LogP contribution in [0.25, 0.3) is 0 Å². The van der Waals surface area contributed by atoms with Crippen LogP contribution in [0.15, 0.2) is 140 Å². The van der Waals surface area contributed by atoms with E-state index in [2.05, 4.69) is 11.8 Å². The Morgan fingerprint density at radius 1 is 0.780 bits per heavy atom. The summed E-state index contributed by atoms with van der Waals surface area (Å²) in [6, 6.07) is 34.6. The van der Waals surface area contributed by atoms with Crippen molar-refractivity contribution in [2.24, 2.45) is 11.8 Å². The monoisotopic (exact) mass is 1110 g/mol. The molecule has 0 aliphatic carbocycles. The van der Waals surface area contributed by atoms with Gasteiger partial charge in [0.05, 0.1) is 63.7 Å². The number of fused-ring (bicyclic) bond motifs is 4. The molecule has 20 heteroatoms. The van der Waals surface area contributed by atoms with Gasteiger partial charge in [-0.15, -0.1) is 0 Å². The number of morpholine rings is 1. The van der Waals surface area contributed by atoms with Crippen molar-refractivity contribution in [3.05, 3.63) is 194 Å². The largest absolute Gasteiger partial charge is 0.493 e. The molecule has 0 aromatic heterocycles. The minimum absolute atomic E-state index is 0.00635. The maximum Gasteiger partial charge on any atom is 0.421 e. The Balaban J connectivity index is 1.25. The second kappa shape index (κ2) is 23.6. The number of esters is 3. The summed E-state index contributed by atoms with van der Waals surface area (Å²) < 4.78 is 40.1. The number of hydrogen-bond donors (Lipinski definition) is 1. The maximum absolute atomic E-state index is 17.0. The number of imide groups is 1. The molecule has 0 unspecified atom stereocenters. The highest BCUT2D eigenvalue weighted by Gasteiger charge is 2.76. The lowest BCUT2D eigenvalue weighted by Crippen LogP contribution is -2.57. The number of ether oxygens (including phenoxy) is 7. The van der Waals surface area contributed by atoms with Gasteiger partial charge in [-0.25, -0.2) is 9.69 Å². The van der Waals surface area contributed by atoms with Crippen LogP contribution in [0.5, 0.6) is 17.2 Å². The van der Waals surface area contributed by atoms with Crippen molar-refractivity contribution in [2.45, 2.75) is 55.6 Å². The van der Waals surface area contributed by atoms with Crippen LogP contribution in [0.3, 0.4) is 0 Å². The van der Waals surface area contributed by atoms with Crippen LogP contribution in [-0.4, -0.2) is 110 Å². The van der Waals surface area contributed by atoms with Gasteiger partial charge in [-0.3, -0.25) is 39.0 Å². The molecule has 6 atom stereocenters. The SMILES string of the molecule is COC(=O)C(CC#Cc1ccc2c(c1)[C@]1(C(=O)N2C(=O)OCc2ccc([N+](=O)[O-])cc2)[C@H](C(=O)N2CCc3cc(OC)c(OC)cc3C2)[C@H]2C(=O)O[C@H](c3ccccc3)[C@H](c3ccccc3)N2[C@@H]1c1ccccc1OCCO)C(=O)OC. The molecule has 4 heterocycles. The zero-order valence-corrected chi connectivity index (χ0v) is 45.1. The number of benzene rings is 6. The molecule has 4 aliphatic heterocycles. The van der Waals surface area contributed by atoms with Crippen LogP contribution >= 0.6 is 0 Å². The fourth-order valence-corrected chi connectivity index (χ4v) is 11.9. The van der Waals surface area contributed by atoms with Crippen molar-refractivity contribution < 1.29 is 72.0 Å². The van der Waals surface area contributed by atoms with E-state index in [0.717, 1.165) is 24.7 Å². The highest BCUT2D eigenvalue weighted by Crippen LogP contribution is 2.67. The Kier molecular flexibility index (Phi) is 16.1. The number of non-ortho nitro benzene ring substituents is 1. The number of para-hydroxylation sites is 1. The number of cyclic esters (lactones) is 1. The molecule has 82 heavy (non-hydrogen) atoms. The first kappa shape index (κ1) is 55.7. The summed E-state index contributed by atoms with van der Waals surface area (Å²) in [5, 5.41) is 21.8. The lowest BCUT2D eigenvalue weighted by atomic mass is 9.64. The maximum atomic E-state index is 17.0. The molecular weight excluding hydrogens is 1060 g/mol. The summed E-state index contributed by atoms with van der Waals surface area (Å²) in [6.45, 7) is -0.960. The zero-order chi connectivity index (χ0) is 57.8. The Labute approximate surface area is 471 Å². The van der Waals surface area contributed by atoms with Gasteiger partial charge in [0.15, 0.2) is 17.4 Å². The summed E-state index contributed by atoms with van der Waals surface area (Å²) in [4.78, 5) is 106. The number of methoxy groups -OCH3 is 4. The standard InChI is InChI=1S/C62H56N4O16/c1-76-49-33-41-28-29-63(35-42(41)34-50(49)77-2)56(68)51-53-59(71)82-54(40-17-9-6-10-18-40)52(39-15-7-5-8-16-39)65(53)55(44-19-11-12-21-48(44)80-31-30-67)62(51)46-32-37(14-13-20-45(57(69)78-3)58(70)79-4)24-27-47(46)64(60(62)72)61(73)81-36-38-22-25-43(26-23-38)66(74)75/h5-12,15-19,21-27,32-34,45,51-55,67H,20,28-31,35-36H2,1-4H3/t51-,52-,53-,54+,55+,62-/m0/s1. The first-order valence-electron chi connectivity index (χ1n) is 26.3. The predicted molar refractivity (Wildman–Crippen MR) is 292 cm³/mol. The van der Waals surface area contributed by atoms with Gasteiger partial charge in [0.1, 0.15) is 36.5 Å². The summed E-state index contributed by atoms with van der Waals surface area (Å²) in [5.41, 5.74) is 1.19. The van der Waals surface area contributed by atoms with E-state index in [1.807, 2.05) is 71.6 Å². The van der Waals surface area contributed by atoms with Gasteiger partial charge in [-0.2, -0.15) is 0 Å². The fraction of sp³-hybridized carbons (Fsp3) is 0.290. The minimum atomic E-state index is -2.32. The van der Waals surface area contributed by atoms with Gasteiger partial charge in [0.25, 0.3) is 5.69 Å². The number of anilines is 1. The number of rotatable bonds is 15. The van der Waals surface area contributed by atoms with E-state index >= 15 is 19.2 Å². The molecule has 4 aliphatic rings. The molecule has 0 radical (unpaired) electrons. The summed E-state index contributed by atoms with van der Waals surface area (Å²) in [5.74, 6) is -0.400. The van der Waals surface area contributed by atoms with Crippen LogP contribution in [-0.2, 0) is 67.9 Å². The Morgan fingerprint density at radius 2 is 1.43 bits per heavy atom. The average molecular weight is 1110 g/mol. The minimum Gasteiger partial charge on any atom is -0.493 e. The molecule has 20 nitrogen and oxygen atoms in total. The number of amides is 3. The summed E-state index contributed by atoms with van der Waals surface area (Å²) >= 11 is 0. The Morgan fingerprint density at radius 3 is 2.07 bits per heavy atom. The molecule has 0 bridgehead atoms. The molecular formula is C62H56N4O16. The van der Waals surface area contributed by atoms with E-state index in [-0.39, 0.29) is 54.4 Å². The Bertz CT molecular complexity index is 3510. The quantitative estimate of drug-likeness (QED) is 0.0265. The number of nitrogens with zero attached hydrogens (tertiary/aromatic N) is 4. The van der Waals surface area contributed by atoms with Crippen molar-refractivity contribution in [2.75, 3.05) is 53.1 Å². The normalized spacial score (nSPS) is 20.6. The molecule has 420 valence electrons. The van der Waals surface area contributed by atoms with Crippen LogP contribution in [0.2, 0.25) is 0 Å². The number of nitro groups is 1. The van der Waals surface area contributed by atoms with Gasteiger partial charge in [0, 0.05) is 42.8 Å². The third-order valence-corrected chi connectivity index (χ3v) is 15.5. The number of aliphatic hydroxyl groups is 1. The van der Waals surface area contributed by atoms with Crippen LogP contribution in [0.4, 0.5) is 16.2 Å². The molecule has 2 saturated heterocycles. The van der Waals surface area contributed by atoms with E-state index < -0.39 is 95.4 Å².